The number of anilines is 2. The summed E-state index contributed by atoms with van der Waals surface area (Å²) in [6.45, 7) is 1.86. The van der Waals surface area contributed by atoms with Crippen molar-refractivity contribution in [3.8, 4) is 0 Å². The maximum atomic E-state index is 15.5. The van der Waals surface area contributed by atoms with E-state index in [0.717, 1.165) is 13.7 Å². The van der Waals surface area contributed by atoms with Crippen LogP contribution in [0.4, 0.5) is 24.7 Å². The second-order valence-corrected chi connectivity index (χ2v) is 8.24. The van der Waals surface area contributed by atoms with Crippen molar-refractivity contribution < 1.29 is 13.2 Å². The maximum absolute atomic E-state index is 15.5. The summed E-state index contributed by atoms with van der Waals surface area (Å²) in [5.41, 5.74) is -3.97. The molecule has 2 aromatic heterocycles. The number of alkyl halides is 3. The number of aromatic nitrogens is 3. The molecule has 1 atom stereocenters. The van der Waals surface area contributed by atoms with E-state index >= 15 is 13.2 Å². The van der Waals surface area contributed by atoms with Gasteiger partial charge in [0.05, 0.1) is 5.56 Å². The van der Waals surface area contributed by atoms with Crippen LogP contribution in [0.3, 0.4) is 0 Å². The number of benzene rings is 2. The summed E-state index contributed by atoms with van der Waals surface area (Å²) in [6.07, 6.45) is -3.04. The van der Waals surface area contributed by atoms with Crippen LogP contribution in [-0.4, -0.2) is 19.9 Å². The molecule has 0 amide bonds. The minimum absolute atomic E-state index is 0.0843. The summed E-state index contributed by atoms with van der Waals surface area (Å²) >= 11 is 0. The van der Waals surface area contributed by atoms with Crippen molar-refractivity contribution in [3.05, 3.63) is 92.3 Å². The topological polar surface area (TPSA) is 61.0 Å². The van der Waals surface area contributed by atoms with Crippen LogP contribution >= 0.6 is 0 Å². The number of halogens is 3. The van der Waals surface area contributed by atoms with Crippen LogP contribution < -0.4 is 16.6 Å². The SMILES string of the molecule is CCc1ccc2c(c1)C(n1ccc3ccccc31)(C(F)(F)F)c1c(n(C)c(=O)n(C)c1=O)N2. The molecule has 0 saturated heterocycles. The van der Waals surface area contributed by atoms with Crippen LogP contribution in [0.5, 0.6) is 0 Å². The highest BCUT2D eigenvalue weighted by molar-refractivity contribution is 5.83. The fourth-order valence-corrected chi connectivity index (χ4v) is 4.86. The van der Waals surface area contributed by atoms with Gasteiger partial charge in [-0.2, -0.15) is 13.2 Å². The van der Waals surface area contributed by atoms with E-state index in [9.17, 15) is 9.59 Å². The van der Waals surface area contributed by atoms with E-state index < -0.39 is 28.5 Å². The summed E-state index contributed by atoms with van der Waals surface area (Å²) in [5.74, 6) is -0.171. The van der Waals surface area contributed by atoms with E-state index in [4.69, 9.17) is 0 Å². The van der Waals surface area contributed by atoms with Crippen LogP contribution in [0.1, 0.15) is 23.6 Å². The standard InChI is InChI=1S/C24H21F3N4O2/c1-4-14-9-10-17-16(13-14)23(24(25,26)27,31-12-11-15-7-5-6-8-18(15)31)19-20(28-17)29(2)22(33)30(3)21(19)32/h5-13,28H,4H2,1-3H3. The molecule has 3 heterocycles. The van der Waals surface area contributed by atoms with Gasteiger partial charge in [0.15, 0.2) is 0 Å². The first-order chi connectivity index (χ1) is 15.6. The Morgan fingerprint density at radius 2 is 1.73 bits per heavy atom. The molecule has 9 heteroatoms. The van der Waals surface area contributed by atoms with Crippen molar-refractivity contribution in [2.45, 2.75) is 25.1 Å². The summed E-state index contributed by atoms with van der Waals surface area (Å²) in [5, 5.41) is 3.55. The molecule has 1 aliphatic heterocycles. The van der Waals surface area contributed by atoms with Crippen molar-refractivity contribution in [3.63, 3.8) is 0 Å². The van der Waals surface area contributed by atoms with Gasteiger partial charge in [-0.25, -0.2) is 4.79 Å². The molecule has 5 rings (SSSR count). The predicted molar refractivity (Wildman–Crippen MR) is 120 cm³/mol. The van der Waals surface area contributed by atoms with Crippen molar-refractivity contribution in [1.29, 1.82) is 0 Å². The number of nitrogens with zero attached hydrogens (tertiary/aromatic N) is 3. The molecule has 0 radical (unpaired) electrons. The molecule has 33 heavy (non-hydrogen) atoms. The first-order valence-electron chi connectivity index (χ1n) is 10.5. The highest BCUT2D eigenvalue weighted by Crippen LogP contribution is 2.54. The van der Waals surface area contributed by atoms with Crippen LogP contribution in [0.25, 0.3) is 10.9 Å². The predicted octanol–water partition coefficient (Wildman–Crippen LogP) is 4.01. The van der Waals surface area contributed by atoms with Crippen molar-refractivity contribution in [2.75, 3.05) is 5.32 Å². The molecule has 2 aromatic carbocycles. The Bertz CT molecular complexity index is 1540. The highest BCUT2D eigenvalue weighted by atomic mass is 19.4. The van der Waals surface area contributed by atoms with Crippen LogP contribution in [0.2, 0.25) is 0 Å². The normalized spacial score (nSPS) is 17.5. The molecule has 1 N–H and O–H groups in total. The quantitative estimate of drug-likeness (QED) is 0.498. The van der Waals surface area contributed by atoms with Gasteiger partial charge in [-0.1, -0.05) is 37.3 Å². The zero-order valence-electron chi connectivity index (χ0n) is 18.2. The van der Waals surface area contributed by atoms with Gasteiger partial charge in [-0.3, -0.25) is 13.9 Å². The van der Waals surface area contributed by atoms with E-state index in [2.05, 4.69) is 5.32 Å². The van der Waals surface area contributed by atoms with Crippen LogP contribution in [0.15, 0.2) is 64.3 Å². The number of hydrogen-bond donors (Lipinski definition) is 1. The Hall–Kier alpha value is -3.75. The van der Waals surface area contributed by atoms with Gasteiger partial charge < -0.3 is 9.88 Å². The molecule has 0 fully saturated rings. The van der Waals surface area contributed by atoms with E-state index in [-0.39, 0.29) is 17.1 Å². The zero-order chi connectivity index (χ0) is 23.7. The summed E-state index contributed by atoms with van der Waals surface area (Å²) < 4.78 is 49.5. The van der Waals surface area contributed by atoms with Crippen LogP contribution in [-0.2, 0) is 26.1 Å². The average Bonchev–Trinajstić information content (AvgIpc) is 3.23. The second-order valence-electron chi connectivity index (χ2n) is 8.24. The van der Waals surface area contributed by atoms with Gasteiger partial charge in [-0.15, -0.1) is 0 Å². The van der Waals surface area contributed by atoms with Gasteiger partial charge in [0.2, 0.25) is 5.54 Å². The summed E-state index contributed by atoms with van der Waals surface area (Å²) in [4.78, 5) is 26.1. The lowest BCUT2D eigenvalue weighted by Gasteiger charge is -2.43. The van der Waals surface area contributed by atoms with E-state index in [1.807, 2.05) is 6.92 Å². The smallest absolute Gasteiger partial charge is 0.341 e. The third-order valence-corrected chi connectivity index (χ3v) is 6.53. The average molecular weight is 454 g/mol. The molecule has 0 saturated carbocycles. The Labute approximate surface area is 186 Å². The molecular formula is C24H21F3N4O2. The molecule has 0 bridgehead atoms. The molecule has 6 nitrogen and oxygen atoms in total. The lowest BCUT2D eigenvalue weighted by molar-refractivity contribution is -0.186. The molecule has 0 aliphatic carbocycles. The van der Waals surface area contributed by atoms with Gasteiger partial charge in [0, 0.05) is 37.1 Å². The molecule has 1 aliphatic rings. The lowest BCUT2D eigenvalue weighted by atomic mass is 9.77. The molecule has 0 spiro atoms. The first-order valence-corrected chi connectivity index (χ1v) is 10.5. The second kappa shape index (κ2) is 6.87. The number of fused-ring (bicyclic) bond motifs is 3. The fraction of sp³-hybridized carbons (Fsp3) is 0.250. The third-order valence-electron chi connectivity index (χ3n) is 6.53. The Kier molecular flexibility index (Phi) is 4.40. The number of nitrogens with one attached hydrogen (secondary N) is 1. The van der Waals surface area contributed by atoms with Gasteiger partial charge in [-0.05, 0) is 35.6 Å². The number of para-hydroxylation sites is 1. The molecule has 170 valence electrons. The fourth-order valence-electron chi connectivity index (χ4n) is 4.86. The zero-order valence-corrected chi connectivity index (χ0v) is 18.2. The van der Waals surface area contributed by atoms with Gasteiger partial charge in [0.1, 0.15) is 5.82 Å². The van der Waals surface area contributed by atoms with Crippen molar-refractivity contribution in [1.82, 2.24) is 13.7 Å². The summed E-state index contributed by atoms with van der Waals surface area (Å²) in [6, 6.07) is 13.1. The Morgan fingerprint density at radius 1 is 1.00 bits per heavy atom. The van der Waals surface area contributed by atoms with E-state index in [1.54, 1.807) is 42.5 Å². The highest BCUT2D eigenvalue weighted by Gasteiger charge is 2.64. The van der Waals surface area contributed by atoms with E-state index in [0.29, 0.717) is 22.9 Å². The first kappa shape index (κ1) is 21.1. The minimum Gasteiger partial charge on any atom is -0.341 e. The van der Waals surface area contributed by atoms with Crippen molar-refractivity contribution in [2.24, 2.45) is 14.1 Å². The monoisotopic (exact) mass is 454 g/mol. The number of hydrogen-bond acceptors (Lipinski definition) is 3. The minimum atomic E-state index is -4.92. The lowest BCUT2D eigenvalue weighted by Crippen LogP contribution is -2.57. The molecule has 1 unspecified atom stereocenters. The summed E-state index contributed by atoms with van der Waals surface area (Å²) in [7, 11) is 2.55. The van der Waals surface area contributed by atoms with Gasteiger partial charge >= 0.3 is 11.9 Å². The molecule has 4 aromatic rings. The number of aryl methyl sites for hydroxylation is 1. The largest absolute Gasteiger partial charge is 0.420 e. The Morgan fingerprint density at radius 3 is 2.42 bits per heavy atom. The third kappa shape index (κ3) is 2.62. The maximum Gasteiger partial charge on any atom is 0.420 e. The van der Waals surface area contributed by atoms with Crippen molar-refractivity contribution >= 4 is 22.4 Å². The number of rotatable bonds is 2. The Balaban J connectivity index is 2.09. The molecular weight excluding hydrogens is 433 g/mol. The van der Waals surface area contributed by atoms with E-state index in [1.165, 1.54) is 26.4 Å². The van der Waals surface area contributed by atoms with Gasteiger partial charge in [0.25, 0.3) is 5.56 Å². The van der Waals surface area contributed by atoms with Crippen LogP contribution in [0, 0.1) is 0 Å².